The van der Waals surface area contributed by atoms with E-state index in [1.54, 1.807) is 7.05 Å². The Balaban J connectivity index is 2.72. The number of hydrogen-bond acceptors (Lipinski definition) is 5. The van der Waals surface area contributed by atoms with Gasteiger partial charge in [-0.15, -0.1) is 11.3 Å². The molecule has 0 spiro atoms. The molecule has 1 aromatic rings. The Labute approximate surface area is 111 Å². The van der Waals surface area contributed by atoms with Gasteiger partial charge in [-0.2, -0.15) is 0 Å². The van der Waals surface area contributed by atoms with E-state index in [0.717, 1.165) is 11.3 Å². The molecule has 102 valence electrons. The maximum Gasteiger partial charge on any atom is 0.261 e. The maximum absolute atomic E-state index is 11.7. The van der Waals surface area contributed by atoms with Gasteiger partial charge in [0.25, 0.3) is 5.91 Å². The molecule has 0 radical (unpaired) electrons. The molecule has 6 nitrogen and oxygen atoms in total. The molecule has 18 heavy (non-hydrogen) atoms. The van der Waals surface area contributed by atoms with E-state index >= 15 is 0 Å². The van der Waals surface area contributed by atoms with Gasteiger partial charge in [-0.3, -0.25) is 4.79 Å². The average Bonchev–Trinajstić information content (AvgIpc) is 2.85. The van der Waals surface area contributed by atoms with E-state index in [9.17, 15) is 13.2 Å². The van der Waals surface area contributed by atoms with E-state index in [1.165, 1.54) is 18.5 Å². The molecular weight excluding hydrogens is 274 g/mol. The van der Waals surface area contributed by atoms with Crippen molar-refractivity contribution < 1.29 is 13.2 Å². The van der Waals surface area contributed by atoms with Crippen LogP contribution in [0.1, 0.15) is 16.6 Å². The number of carbonyl (C=O) groups excluding carboxylic acids is 1. The molecule has 3 N–H and O–H groups in total. The average molecular weight is 291 g/mol. The third-order valence-electron chi connectivity index (χ3n) is 2.44. The van der Waals surface area contributed by atoms with Crippen molar-refractivity contribution in [1.29, 1.82) is 0 Å². The number of nitrogens with one attached hydrogen (secondary N) is 3. The summed E-state index contributed by atoms with van der Waals surface area (Å²) in [5, 5.41) is 7.17. The maximum atomic E-state index is 11.7. The molecule has 1 unspecified atom stereocenters. The van der Waals surface area contributed by atoms with Gasteiger partial charge in [0, 0.05) is 18.0 Å². The second kappa shape index (κ2) is 6.28. The molecule has 1 rings (SSSR count). The number of hydrogen-bond donors (Lipinski definition) is 3. The third kappa shape index (κ3) is 3.77. The first-order chi connectivity index (χ1) is 8.40. The number of amides is 1. The van der Waals surface area contributed by atoms with Crippen molar-refractivity contribution in [3.05, 3.63) is 16.3 Å². The Morgan fingerprint density at radius 1 is 1.44 bits per heavy atom. The van der Waals surface area contributed by atoms with Gasteiger partial charge >= 0.3 is 0 Å². The number of carbonyl (C=O) groups is 1. The summed E-state index contributed by atoms with van der Waals surface area (Å²) in [5.74, 6) is -0.264. The first kappa shape index (κ1) is 15.1. The molecule has 1 heterocycles. The Bertz CT molecular complexity index is 510. The van der Waals surface area contributed by atoms with E-state index in [1.807, 2.05) is 6.92 Å². The first-order valence-electron chi connectivity index (χ1n) is 5.38. The van der Waals surface area contributed by atoms with Crippen LogP contribution in [0.25, 0.3) is 0 Å². The van der Waals surface area contributed by atoms with Crippen molar-refractivity contribution in [3.63, 3.8) is 0 Å². The topological polar surface area (TPSA) is 87.3 Å². The van der Waals surface area contributed by atoms with Crippen LogP contribution in [0, 0.1) is 0 Å². The van der Waals surface area contributed by atoms with Crippen molar-refractivity contribution in [2.24, 2.45) is 0 Å². The van der Waals surface area contributed by atoms with Crippen molar-refractivity contribution in [3.8, 4) is 0 Å². The van der Waals surface area contributed by atoms with Gasteiger partial charge in [0.2, 0.25) is 10.0 Å². The minimum Gasteiger partial charge on any atom is -0.350 e. The highest BCUT2D eigenvalue weighted by molar-refractivity contribution is 7.89. The first-order valence-corrected chi connectivity index (χ1v) is 7.74. The van der Waals surface area contributed by atoms with Crippen LogP contribution in [0.3, 0.4) is 0 Å². The normalized spacial score (nSPS) is 13.3. The molecule has 0 bridgehead atoms. The fourth-order valence-electron chi connectivity index (χ4n) is 1.13. The van der Waals surface area contributed by atoms with E-state index < -0.39 is 10.0 Å². The van der Waals surface area contributed by atoms with Gasteiger partial charge in [0.05, 0.1) is 9.77 Å². The SMILES string of the molecule is CNC(C)CNC(=O)c1cc(S(=O)(=O)NC)cs1. The van der Waals surface area contributed by atoms with Crippen LogP contribution < -0.4 is 15.4 Å². The number of rotatable bonds is 6. The lowest BCUT2D eigenvalue weighted by Gasteiger charge is -2.10. The van der Waals surface area contributed by atoms with Gasteiger partial charge in [-0.05, 0) is 27.1 Å². The smallest absolute Gasteiger partial charge is 0.261 e. The predicted molar refractivity (Wildman–Crippen MR) is 71.4 cm³/mol. The van der Waals surface area contributed by atoms with Gasteiger partial charge in [0.15, 0.2) is 0 Å². The summed E-state index contributed by atoms with van der Waals surface area (Å²) in [6.07, 6.45) is 0. The number of thiophene rings is 1. The molecule has 0 aliphatic heterocycles. The van der Waals surface area contributed by atoms with Gasteiger partial charge in [-0.1, -0.05) is 0 Å². The Kier molecular flexibility index (Phi) is 5.27. The largest absolute Gasteiger partial charge is 0.350 e. The van der Waals surface area contributed by atoms with Gasteiger partial charge in [0.1, 0.15) is 0 Å². The molecule has 8 heteroatoms. The molecule has 0 aliphatic rings. The van der Waals surface area contributed by atoms with Gasteiger partial charge < -0.3 is 10.6 Å². The van der Waals surface area contributed by atoms with E-state index in [0.29, 0.717) is 11.4 Å². The van der Waals surface area contributed by atoms with Crippen LogP contribution in [-0.2, 0) is 10.0 Å². The summed E-state index contributed by atoms with van der Waals surface area (Å²) in [5.41, 5.74) is 0. The molecule has 0 saturated carbocycles. The van der Waals surface area contributed by atoms with Crippen molar-refractivity contribution in [2.75, 3.05) is 20.6 Å². The monoisotopic (exact) mass is 291 g/mol. The summed E-state index contributed by atoms with van der Waals surface area (Å²) in [6, 6.07) is 1.53. The summed E-state index contributed by atoms with van der Waals surface area (Å²) in [7, 11) is -0.339. The van der Waals surface area contributed by atoms with Crippen LogP contribution in [-0.4, -0.2) is 41.0 Å². The summed E-state index contributed by atoms with van der Waals surface area (Å²) >= 11 is 1.11. The molecule has 0 aromatic carbocycles. The lowest BCUT2D eigenvalue weighted by atomic mass is 10.3. The minimum atomic E-state index is -3.48. The predicted octanol–water partition coefficient (Wildman–Crippen LogP) is -0.00610. The van der Waals surface area contributed by atoms with Crippen molar-refractivity contribution in [1.82, 2.24) is 15.4 Å². The van der Waals surface area contributed by atoms with Crippen LogP contribution in [0.2, 0.25) is 0 Å². The minimum absolute atomic E-state index is 0.113. The van der Waals surface area contributed by atoms with Crippen LogP contribution in [0.15, 0.2) is 16.3 Å². The van der Waals surface area contributed by atoms with Crippen LogP contribution in [0.4, 0.5) is 0 Å². The Hall–Kier alpha value is -0.960. The summed E-state index contributed by atoms with van der Waals surface area (Å²) in [6.45, 7) is 2.42. The number of sulfonamides is 1. The second-order valence-corrected chi connectivity index (χ2v) is 6.55. The lowest BCUT2D eigenvalue weighted by molar-refractivity contribution is 0.0954. The van der Waals surface area contributed by atoms with Crippen molar-refractivity contribution in [2.45, 2.75) is 17.9 Å². The van der Waals surface area contributed by atoms with Crippen LogP contribution in [0.5, 0.6) is 0 Å². The van der Waals surface area contributed by atoms with Crippen LogP contribution >= 0.6 is 11.3 Å². The fourth-order valence-corrected chi connectivity index (χ4v) is 3.05. The highest BCUT2D eigenvalue weighted by Gasteiger charge is 2.17. The Morgan fingerprint density at radius 2 is 2.11 bits per heavy atom. The zero-order chi connectivity index (χ0) is 13.8. The number of likely N-dealkylation sites (N-methyl/N-ethyl adjacent to an activating group) is 1. The van der Waals surface area contributed by atoms with Gasteiger partial charge in [-0.25, -0.2) is 13.1 Å². The molecule has 0 aliphatic carbocycles. The fraction of sp³-hybridized carbons (Fsp3) is 0.500. The zero-order valence-corrected chi connectivity index (χ0v) is 12.1. The van der Waals surface area contributed by atoms with E-state index in [2.05, 4.69) is 15.4 Å². The highest BCUT2D eigenvalue weighted by atomic mass is 32.2. The molecule has 1 atom stereocenters. The second-order valence-electron chi connectivity index (χ2n) is 3.75. The third-order valence-corrected chi connectivity index (χ3v) is 4.91. The van der Waals surface area contributed by atoms with E-state index in [-0.39, 0.29) is 16.8 Å². The molecular formula is C10H17N3O3S2. The molecule has 0 fully saturated rings. The summed E-state index contributed by atoms with van der Waals surface area (Å²) < 4.78 is 25.2. The quantitative estimate of drug-likeness (QED) is 0.688. The summed E-state index contributed by atoms with van der Waals surface area (Å²) in [4.78, 5) is 12.2. The highest BCUT2D eigenvalue weighted by Crippen LogP contribution is 2.18. The molecule has 1 aromatic heterocycles. The van der Waals surface area contributed by atoms with Crippen molar-refractivity contribution >= 4 is 27.3 Å². The Morgan fingerprint density at radius 3 is 2.67 bits per heavy atom. The zero-order valence-electron chi connectivity index (χ0n) is 10.5. The van der Waals surface area contributed by atoms with E-state index in [4.69, 9.17) is 0 Å². The standard InChI is InChI=1S/C10H17N3O3S2/c1-7(11-2)5-13-10(14)9-4-8(6-17-9)18(15,16)12-3/h4,6-7,11-12H,5H2,1-3H3,(H,13,14). The lowest BCUT2D eigenvalue weighted by Crippen LogP contribution is -2.36. The molecule has 0 saturated heterocycles. The molecule has 1 amide bonds.